The van der Waals surface area contributed by atoms with Gasteiger partial charge in [0.2, 0.25) is 0 Å². The number of likely N-dealkylation sites (tertiary alicyclic amines) is 1. The van der Waals surface area contributed by atoms with E-state index in [4.69, 9.17) is 10.5 Å². The Morgan fingerprint density at radius 3 is 3.04 bits per heavy atom. The van der Waals surface area contributed by atoms with E-state index >= 15 is 0 Å². The predicted molar refractivity (Wildman–Crippen MR) is 106 cm³/mol. The van der Waals surface area contributed by atoms with Gasteiger partial charge in [-0.3, -0.25) is 4.90 Å². The van der Waals surface area contributed by atoms with E-state index in [0.29, 0.717) is 12.0 Å². The normalized spacial score (nSPS) is 20.7. The summed E-state index contributed by atoms with van der Waals surface area (Å²) in [6.45, 7) is 5.14. The molecule has 0 aliphatic carbocycles. The van der Waals surface area contributed by atoms with E-state index < -0.39 is 0 Å². The van der Waals surface area contributed by atoms with Crippen molar-refractivity contribution in [3.8, 4) is 5.75 Å². The van der Waals surface area contributed by atoms with Gasteiger partial charge in [0.1, 0.15) is 17.6 Å². The van der Waals surface area contributed by atoms with E-state index in [1.165, 1.54) is 5.56 Å². The molecule has 27 heavy (non-hydrogen) atoms. The van der Waals surface area contributed by atoms with E-state index in [0.717, 1.165) is 48.8 Å². The van der Waals surface area contributed by atoms with Crippen molar-refractivity contribution in [3.63, 3.8) is 0 Å². The van der Waals surface area contributed by atoms with Crippen LogP contribution in [-0.4, -0.2) is 45.7 Å². The van der Waals surface area contributed by atoms with Gasteiger partial charge < -0.3 is 15.8 Å². The number of anilines is 2. The molecule has 2 aromatic heterocycles. The Morgan fingerprint density at radius 2 is 2.22 bits per heavy atom. The first kappa shape index (κ1) is 17.8. The number of fused-ring (bicyclic) bond motifs is 1. The van der Waals surface area contributed by atoms with Gasteiger partial charge >= 0.3 is 0 Å². The van der Waals surface area contributed by atoms with Crippen molar-refractivity contribution in [2.75, 3.05) is 25.5 Å². The summed E-state index contributed by atoms with van der Waals surface area (Å²) in [6.07, 6.45) is 4.60. The Kier molecular flexibility index (Phi) is 4.96. The molecule has 0 amide bonds. The van der Waals surface area contributed by atoms with Crippen LogP contribution in [-0.2, 0) is 6.54 Å². The Morgan fingerprint density at radius 1 is 1.33 bits per heavy atom. The van der Waals surface area contributed by atoms with Crippen molar-refractivity contribution < 1.29 is 4.74 Å². The highest BCUT2D eigenvalue weighted by atomic mass is 16.5. The molecule has 0 bridgehead atoms. The fraction of sp³-hybridized carbons (Fsp3) is 0.400. The lowest BCUT2D eigenvalue weighted by molar-refractivity contribution is 0.158. The summed E-state index contributed by atoms with van der Waals surface area (Å²) in [5.74, 6) is 2.11. The molecule has 1 fully saturated rings. The second kappa shape index (κ2) is 7.54. The zero-order chi connectivity index (χ0) is 18.8. The standard InChI is InChI=1S/C20H26N6O/c1-14-11-25(8-7-18(14)21)12-15-6-9-26-19(15)20(22-13-23-26)24-16-4-3-5-17(10-16)27-2/h3-6,9-10,13-14,18H,7-8,11-12,21H2,1-2H3,(H,22,23,24). The highest BCUT2D eigenvalue weighted by Gasteiger charge is 2.24. The van der Waals surface area contributed by atoms with Crippen molar-refractivity contribution in [2.45, 2.75) is 25.9 Å². The molecule has 0 saturated carbocycles. The fourth-order valence-corrected chi connectivity index (χ4v) is 3.71. The third-order valence-electron chi connectivity index (χ3n) is 5.32. The third kappa shape index (κ3) is 3.74. The molecule has 0 spiro atoms. The molecule has 1 saturated heterocycles. The first-order valence-corrected chi connectivity index (χ1v) is 9.34. The Bertz CT molecular complexity index is 924. The molecular formula is C20H26N6O. The van der Waals surface area contributed by atoms with Crippen molar-refractivity contribution in [2.24, 2.45) is 11.7 Å². The lowest BCUT2D eigenvalue weighted by Gasteiger charge is -2.35. The zero-order valence-corrected chi connectivity index (χ0v) is 15.8. The zero-order valence-electron chi connectivity index (χ0n) is 15.8. The van der Waals surface area contributed by atoms with Crippen LogP contribution < -0.4 is 15.8 Å². The Balaban J connectivity index is 1.61. The van der Waals surface area contributed by atoms with Gasteiger partial charge in [0.15, 0.2) is 5.82 Å². The number of hydrogen-bond donors (Lipinski definition) is 2. The van der Waals surface area contributed by atoms with Crippen molar-refractivity contribution >= 4 is 17.0 Å². The number of hydrogen-bond acceptors (Lipinski definition) is 6. The molecule has 1 aliphatic rings. The maximum absolute atomic E-state index is 6.17. The van der Waals surface area contributed by atoms with Crippen LogP contribution in [0.5, 0.6) is 5.75 Å². The van der Waals surface area contributed by atoms with E-state index in [1.807, 2.05) is 35.0 Å². The van der Waals surface area contributed by atoms with Gasteiger partial charge in [-0.1, -0.05) is 13.0 Å². The second-order valence-electron chi connectivity index (χ2n) is 7.26. The molecular weight excluding hydrogens is 340 g/mol. The van der Waals surface area contributed by atoms with Crippen LogP contribution in [0.4, 0.5) is 11.5 Å². The van der Waals surface area contributed by atoms with Crippen molar-refractivity contribution in [3.05, 3.63) is 48.4 Å². The summed E-state index contributed by atoms with van der Waals surface area (Å²) < 4.78 is 7.19. The van der Waals surface area contributed by atoms with Gasteiger partial charge in [0.05, 0.1) is 7.11 Å². The van der Waals surface area contributed by atoms with Crippen molar-refractivity contribution in [1.82, 2.24) is 19.5 Å². The predicted octanol–water partition coefficient (Wildman–Crippen LogP) is 2.65. The summed E-state index contributed by atoms with van der Waals surface area (Å²) in [4.78, 5) is 6.95. The van der Waals surface area contributed by atoms with E-state index in [-0.39, 0.29) is 0 Å². The number of benzene rings is 1. The average molecular weight is 366 g/mol. The highest BCUT2D eigenvalue weighted by Crippen LogP contribution is 2.27. The minimum Gasteiger partial charge on any atom is -0.497 e. The van der Waals surface area contributed by atoms with Gasteiger partial charge in [0.25, 0.3) is 0 Å². The van der Waals surface area contributed by atoms with Crippen LogP contribution in [0.15, 0.2) is 42.9 Å². The van der Waals surface area contributed by atoms with Gasteiger partial charge in [-0.25, -0.2) is 9.50 Å². The molecule has 142 valence electrons. The minimum absolute atomic E-state index is 0.306. The number of aromatic nitrogens is 3. The molecule has 2 unspecified atom stereocenters. The summed E-state index contributed by atoms with van der Waals surface area (Å²) in [7, 11) is 1.67. The van der Waals surface area contributed by atoms with E-state index in [1.54, 1.807) is 13.4 Å². The SMILES string of the molecule is COc1cccc(Nc2ncnn3ccc(CN4CCC(N)C(C)C4)c23)c1. The topological polar surface area (TPSA) is 80.7 Å². The summed E-state index contributed by atoms with van der Waals surface area (Å²) >= 11 is 0. The molecule has 7 heteroatoms. The molecule has 3 N–H and O–H groups in total. The highest BCUT2D eigenvalue weighted by molar-refractivity contribution is 5.76. The van der Waals surface area contributed by atoms with Gasteiger partial charge in [-0.05, 0) is 42.6 Å². The number of nitrogens with two attached hydrogens (primary N) is 1. The van der Waals surface area contributed by atoms with Crippen LogP contribution in [0.1, 0.15) is 18.9 Å². The van der Waals surface area contributed by atoms with Crippen LogP contribution in [0.2, 0.25) is 0 Å². The summed E-state index contributed by atoms with van der Waals surface area (Å²) in [5, 5.41) is 7.77. The molecule has 3 heterocycles. The Labute approximate surface area is 159 Å². The van der Waals surface area contributed by atoms with E-state index in [2.05, 4.69) is 33.3 Å². The molecule has 3 aromatic rings. The number of piperidine rings is 1. The molecule has 1 aliphatic heterocycles. The molecule has 0 radical (unpaired) electrons. The van der Waals surface area contributed by atoms with Gasteiger partial charge in [0, 0.05) is 37.1 Å². The van der Waals surface area contributed by atoms with Crippen LogP contribution in [0.3, 0.4) is 0 Å². The summed E-state index contributed by atoms with van der Waals surface area (Å²) in [5.41, 5.74) is 9.31. The first-order chi connectivity index (χ1) is 13.1. The number of methoxy groups -OCH3 is 1. The quantitative estimate of drug-likeness (QED) is 0.723. The number of rotatable bonds is 5. The van der Waals surface area contributed by atoms with Gasteiger partial charge in [-0.2, -0.15) is 5.10 Å². The van der Waals surface area contributed by atoms with Gasteiger partial charge in [-0.15, -0.1) is 0 Å². The molecule has 7 nitrogen and oxygen atoms in total. The number of nitrogens with zero attached hydrogens (tertiary/aromatic N) is 4. The first-order valence-electron chi connectivity index (χ1n) is 9.34. The lowest BCUT2D eigenvalue weighted by Crippen LogP contribution is -2.45. The largest absolute Gasteiger partial charge is 0.497 e. The maximum atomic E-state index is 6.17. The third-order valence-corrected chi connectivity index (χ3v) is 5.32. The fourth-order valence-electron chi connectivity index (χ4n) is 3.71. The molecule has 4 rings (SSSR count). The Hall–Kier alpha value is -2.64. The monoisotopic (exact) mass is 366 g/mol. The maximum Gasteiger partial charge on any atom is 0.158 e. The van der Waals surface area contributed by atoms with Crippen molar-refractivity contribution in [1.29, 1.82) is 0 Å². The van der Waals surface area contributed by atoms with Crippen LogP contribution in [0.25, 0.3) is 5.52 Å². The number of nitrogens with one attached hydrogen (secondary N) is 1. The minimum atomic E-state index is 0.306. The van der Waals surface area contributed by atoms with E-state index in [9.17, 15) is 0 Å². The average Bonchev–Trinajstić information content (AvgIpc) is 3.09. The molecule has 1 aromatic carbocycles. The lowest BCUT2D eigenvalue weighted by atomic mass is 9.94. The van der Waals surface area contributed by atoms with Crippen LogP contribution in [0, 0.1) is 5.92 Å². The molecule has 2 atom stereocenters. The smallest absolute Gasteiger partial charge is 0.158 e. The second-order valence-corrected chi connectivity index (χ2v) is 7.26. The number of ether oxygens (including phenoxy) is 1. The summed E-state index contributed by atoms with van der Waals surface area (Å²) in [6, 6.07) is 10.3. The van der Waals surface area contributed by atoms with Crippen LogP contribution >= 0.6 is 0 Å².